The Morgan fingerprint density at radius 1 is 0.600 bits per heavy atom. The van der Waals surface area contributed by atoms with Crippen LogP contribution < -0.4 is 0 Å². The van der Waals surface area contributed by atoms with Gasteiger partial charge in [0.15, 0.2) is 0 Å². The van der Waals surface area contributed by atoms with Crippen LogP contribution in [0.1, 0.15) is 150 Å². The first-order valence-corrected chi connectivity index (χ1v) is 21.3. The van der Waals surface area contributed by atoms with Crippen LogP contribution in [0.5, 0.6) is 0 Å². The minimum atomic E-state index is -4.00. The topological polar surface area (TPSA) is 72.8 Å². The summed E-state index contributed by atoms with van der Waals surface area (Å²) in [7, 11) is 0. The first-order chi connectivity index (χ1) is 16.7. The second-order valence-corrected chi connectivity index (χ2v) is 20.3. The van der Waals surface area contributed by atoms with Gasteiger partial charge in [-0.3, -0.25) is 0 Å². The normalized spacial score (nSPS) is 21.4. The molecule has 0 bridgehead atoms. The molecule has 0 aliphatic carbocycles. The second-order valence-electron chi connectivity index (χ2n) is 11.1. The predicted molar refractivity (Wildman–Crippen MR) is 146 cm³/mol. The summed E-state index contributed by atoms with van der Waals surface area (Å²) in [6.07, 6.45) is 17.9. The van der Waals surface area contributed by atoms with Crippen molar-refractivity contribution in [2.45, 2.75) is 165 Å². The fourth-order valence-corrected chi connectivity index (χ4v) is 15.5. The van der Waals surface area contributed by atoms with Crippen LogP contribution in [-0.4, -0.2) is 41.9 Å². The summed E-state index contributed by atoms with van der Waals surface area (Å²) in [5.74, 6) is -0.929. The van der Waals surface area contributed by atoms with E-state index in [0.29, 0.717) is 21.7 Å². The second kappa shape index (κ2) is 17.3. The van der Waals surface area contributed by atoms with Gasteiger partial charge in [0.2, 0.25) is 0 Å². The van der Waals surface area contributed by atoms with E-state index in [1.54, 1.807) is 0 Å². The van der Waals surface area contributed by atoms with Gasteiger partial charge in [0.25, 0.3) is 0 Å². The Kier molecular flexibility index (Phi) is 16.1. The number of aliphatic hydroxyl groups is 1. The van der Waals surface area contributed by atoms with Crippen molar-refractivity contribution in [1.82, 2.24) is 0 Å². The standard InChI is InChI=1S/C21H40O5.2C4H9.Sn/c1-4-6-8-10-12-14-16-21(19(24)25,20(3,26)18(22)23)17-15-13-11-9-7-5-2;2*1-3-4-2;/h26H,4-17H2,1-3H3,(H,22,23)(H,24,25);2*1,3-4H2,2H3;/q;;;+2/p-2. The molecule has 1 aliphatic heterocycles. The Morgan fingerprint density at radius 3 is 1.40 bits per heavy atom. The summed E-state index contributed by atoms with van der Waals surface area (Å²) in [6, 6.07) is 0. The molecule has 1 unspecified atom stereocenters. The van der Waals surface area contributed by atoms with E-state index in [2.05, 4.69) is 27.7 Å². The zero-order valence-electron chi connectivity index (χ0n) is 23.7. The molecule has 0 aromatic rings. The van der Waals surface area contributed by atoms with E-state index in [0.717, 1.165) is 64.2 Å². The van der Waals surface area contributed by atoms with Crippen LogP contribution in [0.3, 0.4) is 0 Å². The molecule has 35 heavy (non-hydrogen) atoms. The van der Waals surface area contributed by atoms with Crippen molar-refractivity contribution in [3.8, 4) is 0 Å². The number of carbonyl (C=O) groups is 2. The van der Waals surface area contributed by atoms with E-state index >= 15 is 0 Å². The van der Waals surface area contributed by atoms with Crippen LogP contribution in [0, 0.1) is 5.41 Å². The van der Waals surface area contributed by atoms with E-state index in [1.807, 2.05) is 0 Å². The Balaban J connectivity index is 3.18. The summed E-state index contributed by atoms with van der Waals surface area (Å²) >= 11 is -4.00. The zero-order chi connectivity index (χ0) is 26.2. The molecule has 1 atom stereocenters. The molecule has 5 nitrogen and oxygen atoms in total. The van der Waals surface area contributed by atoms with Gasteiger partial charge in [0.1, 0.15) is 0 Å². The summed E-state index contributed by atoms with van der Waals surface area (Å²) in [4.78, 5) is 27.5. The van der Waals surface area contributed by atoms with Crippen LogP contribution in [0.15, 0.2) is 0 Å². The molecule has 1 aliphatic rings. The van der Waals surface area contributed by atoms with Crippen LogP contribution in [0.2, 0.25) is 8.87 Å². The zero-order valence-corrected chi connectivity index (χ0v) is 26.6. The van der Waals surface area contributed by atoms with Crippen LogP contribution in [0.25, 0.3) is 0 Å². The van der Waals surface area contributed by atoms with Crippen LogP contribution >= 0.6 is 0 Å². The molecule has 1 saturated heterocycles. The molecule has 1 heterocycles. The first-order valence-electron chi connectivity index (χ1n) is 14.9. The summed E-state index contributed by atoms with van der Waals surface area (Å²) < 4.78 is 13.9. The third-order valence-corrected chi connectivity index (χ3v) is 17.6. The fraction of sp³-hybridized carbons (Fsp3) is 0.931. The molecule has 206 valence electrons. The average Bonchev–Trinajstić information content (AvgIpc) is 2.89. The van der Waals surface area contributed by atoms with Crippen molar-refractivity contribution in [1.29, 1.82) is 0 Å². The quantitative estimate of drug-likeness (QED) is 0.112. The third-order valence-electron chi connectivity index (χ3n) is 8.01. The van der Waals surface area contributed by atoms with Gasteiger partial charge in [-0.05, 0) is 0 Å². The maximum atomic E-state index is 14.0. The monoisotopic (exact) mass is 604 g/mol. The number of unbranched alkanes of at least 4 members (excludes halogenated alkanes) is 12. The van der Waals surface area contributed by atoms with Gasteiger partial charge in [-0.15, -0.1) is 0 Å². The van der Waals surface area contributed by atoms with E-state index in [4.69, 9.17) is 6.15 Å². The van der Waals surface area contributed by atoms with E-state index in [1.165, 1.54) is 45.4 Å². The van der Waals surface area contributed by atoms with Gasteiger partial charge in [-0.1, -0.05) is 0 Å². The van der Waals surface area contributed by atoms with Crippen LogP contribution in [0.4, 0.5) is 0 Å². The Bertz CT molecular complexity index is 580. The van der Waals surface area contributed by atoms with Crippen LogP contribution in [-0.2, 0) is 15.7 Å². The summed E-state index contributed by atoms with van der Waals surface area (Å²) in [5.41, 5.74) is -3.04. The minimum absolute atomic E-state index is 0.335. The van der Waals surface area contributed by atoms with Gasteiger partial charge in [-0.2, -0.15) is 0 Å². The molecule has 1 fully saturated rings. The third kappa shape index (κ3) is 9.83. The predicted octanol–water partition coefficient (Wildman–Crippen LogP) is 8.37. The first kappa shape index (κ1) is 32.7. The van der Waals surface area contributed by atoms with Crippen molar-refractivity contribution in [2.75, 3.05) is 0 Å². The molecule has 0 aromatic heterocycles. The maximum absolute atomic E-state index is 14.0. The SMILES string of the molecule is CCCCCCCCC1(CCCCCCCC)C(=O)[O][Sn]([CH2]CCC)([CH2]CCC)[O]C(=O)C1(C)O. The van der Waals surface area contributed by atoms with Gasteiger partial charge >= 0.3 is 222 Å². The molecule has 1 N–H and O–H groups in total. The van der Waals surface area contributed by atoms with Crippen molar-refractivity contribution in [2.24, 2.45) is 5.41 Å². The number of rotatable bonds is 20. The van der Waals surface area contributed by atoms with E-state index in [9.17, 15) is 14.7 Å². The Hall–Kier alpha value is -0.301. The van der Waals surface area contributed by atoms with Gasteiger partial charge < -0.3 is 0 Å². The Morgan fingerprint density at radius 2 is 0.971 bits per heavy atom. The van der Waals surface area contributed by atoms with Crippen molar-refractivity contribution >= 4 is 31.1 Å². The van der Waals surface area contributed by atoms with Gasteiger partial charge in [-0.25, -0.2) is 0 Å². The molecule has 0 radical (unpaired) electrons. The van der Waals surface area contributed by atoms with Crippen molar-refractivity contribution in [3.63, 3.8) is 0 Å². The molecule has 1 rings (SSSR count). The van der Waals surface area contributed by atoms with Gasteiger partial charge in [0, 0.05) is 0 Å². The van der Waals surface area contributed by atoms with Crippen molar-refractivity contribution < 1.29 is 20.8 Å². The molecule has 0 saturated carbocycles. The average molecular weight is 603 g/mol. The summed E-state index contributed by atoms with van der Waals surface area (Å²) in [6.45, 7) is 10.2. The molecule has 6 heteroatoms. The van der Waals surface area contributed by atoms with E-state index in [-0.39, 0.29) is 5.97 Å². The van der Waals surface area contributed by atoms with Crippen molar-refractivity contribution in [3.05, 3.63) is 0 Å². The molecule has 0 amide bonds. The summed E-state index contributed by atoms with van der Waals surface area (Å²) in [5, 5.41) is 11.7. The van der Waals surface area contributed by atoms with Gasteiger partial charge in [0.05, 0.1) is 0 Å². The Labute approximate surface area is 221 Å². The molecule has 0 spiro atoms. The molecular formula is C29H56O5Sn. The number of hydrogen-bond donors (Lipinski definition) is 1. The van der Waals surface area contributed by atoms with E-state index < -0.39 is 36.2 Å². The number of hydrogen-bond acceptors (Lipinski definition) is 5. The molecule has 0 aromatic carbocycles. The molecular weight excluding hydrogens is 547 g/mol. The fourth-order valence-electron chi connectivity index (χ4n) is 5.40. The number of carbonyl (C=O) groups excluding carboxylic acids is 2.